The van der Waals surface area contributed by atoms with Crippen LogP contribution in [0.1, 0.15) is 22.0 Å². The zero-order chi connectivity index (χ0) is 20.6. The number of amides is 1. The van der Waals surface area contributed by atoms with Crippen LogP contribution >= 0.6 is 11.3 Å². The number of nitrogens with zero attached hydrogens (tertiary/aromatic N) is 5. The van der Waals surface area contributed by atoms with Crippen molar-refractivity contribution in [2.24, 2.45) is 4.99 Å². The lowest BCUT2D eigenvalue weighted by Crippen LogP contribution is -2.49. The van der Waals surface area contributed by atoms with Crippen LogP contribution in [0.25, 0.3) is 0 Å². The number of aromatic nitrogens is 2. The molecule has 0 radical (unpaired) electrons. The fourth-order valence-electron chi connectivity index (χ4n) is 3.29. The Labute approximate surface area is 176 Å². The number of nitrogens with one attached hydrogen (secondary N) is 2. The zero-order valence-electron chi connectivity index (χ0n) is 17.3. The topological polar surface area (TPSA) is 85.8 Å². The molecule has 1 amide bonds. The number of carbonyl (C=O) groups is 1. The Balaban J connectivity index is 1.37. The third kappa shape index (κ3) is 5.90. The zero-order valence-corrected chi connectivity index (χ0v) is 18.1. The van der Waals surface area contributed by atoms with Gasteiger partial charge in [-0.15, -0.1) is 11.3 Å². The highest BCUT2D eigenvalue weighted by molar-refractivity contribution is 7.11. The summed E-state index contributed by atoms with van der Waals surface area (Å²) in [6, 6.07) is 5.91. The van der Waals surface area contributed by atoms with Crippen LogP contribution in [-0.2, 0) is 11.3 Å². The third-order valence-corrected chi connectivity index (χ3v) is 5.95. The molecule has 8 nitrogen and oxygen atoms in total. The molecule has 0 saturated carbocycles. The Morgan fingerprint density at radius 1 is 1.21 bits per heavy atom. The van der Waals surface area contributed by atoms with Crippen LogP contribution < -0.4 is 15.5 Å². The van der Waals surface area contributed by atoms with E-state index in [0.29, 0.717) is 25.5 Å². The molecular weight excluding hydrogens is 386 g/mol. The second-order valence-corrected chi connectivity index (χ2v) is 8.19. The van der Waals surface area contributed by atoms with Gasteiger partial charge in [-0.25, -0.2) is 9.97 Å². The summed E-state index contributed by atoms with van der Waals surface area (Å²) in [5.74, 6) is 1.84. The van der Waals surface area contributed by atoms with Crippen molar-refractivity contribution in [2.75, 3.05) is 44.7 Å². The summed E-state index contributed by atoms with van der Waals surface area (Å²) in [5.41, 5.74) is 1.05. The van der Waals surface area contributed by atoms with Gasteiger partial charge in [0.05, 0.1) is 17.2 Å². The highest BCUT2D eigenvalue weighted by Crippen LogP contribution is 2.16. The first-order valence-corrected chi connectivity index (χ1v) is 10.7. The molecule has 1 aliphatic rings. The number of carbonyl (C=O) groups excluding carboxylic acids is 1. The summed E-state index contributed by atoms with van der Waals surface area (Å²) in [4.78, 5) is 30.9. The summed E-state index contributed by atoms with van der Waals surface area (Å²) in [6.07, 6.45) is 2.25. The van der Waals surface area contributed by atoms with E-state index in [1.807, 2.05) is 36.9 Å². The first kappa shape index (κ1) is 21.0. The number of aliphatic imine (C=N–C) groups is 1. The summed E-state index contributed by atoms with van der Waals surface area (Å²) < 4.78 is 0. The molecule has 1 fully saturated rings. The van der Waals surface area contributed by atoms with Gasteiger partial charge in [-0.05, 0) is 26.0 Å². The molecule has 0 spiro atoms. The van der Waals surface area contributed by atoms with Crippen molar-refractivity contribution in [3.05, 3.63) is 40.0 Å². The van der Waals surface area contributed by atoms with Crippen LogP contribution in [0.4, 0.5) is 5.82 Å². The van der Waals surface area contributed by atoms with E-state index in [4.69, 9.17) is 0 Å². The van der Waals surface area contributed by atoms with E-state index >= 15 is 0 Å². The maximum absolute atomic E-state index is 12.5. The predicted octanol–water partition coefficient (Wildman–Crippen LogP) is 1.56. The number of pyridine rings is 1. The van der Waals surface area contributed by atoms with E-state index in [1.54, 1.807) is 24.6 Å². The number of anilines is 1. The lowest BCUT2D eigenvalue weighted by atomic mass is 10.2. The van der Waals surface area contributed by atoms with Crippen LogP contribution in [0, 0.1) is 13.8 Å². The van der Waals surface area contributed by atoms with Crippen molar-refractivity contribution in [2.45, 2.75) is 26.8 Å². The van der Waals surface area contributed by atoms with Crippen LogP contribution in [0.2, 0.25) is 0 Å². The average Bonchev–Trinajstić information content (AvgIpc) is 3.08. The number of aryl methyl sites for hydroxylation is 2. The van der Waals surface area contributed by atoms with Crippen molar-refractivity contribution in [3.63, 3.8) is 0 Å². The maximum atomic E-state index is 12.5. The van der Waals surface area contributed by atoms with Gasteiger partial charge in [-0.2, -0.15) is 0 Å². The monoisotopic (exact) mass is 415 g/mol. The van der Waals surface area contributed by atoms with Gasteiger partial charge in [0.1, 0.15) is 5.82 Å². The minimum Gasteiger partial charge on any atom is -0.356 e. The van der Waals surface area contributed by atoms with Crippen molar-refractivity contribution in [3.8, 4) is 0 Å². The van der Waals surface area contributed by atoms with Crippen LogP contribution in [0.15, 0.2) is 29.4 Å². The Morgan fingerprint density at radius 3 is 2.62 bits per heavy atom. The van der Waals surface area contributed by atoms with Gasteiger partial charge < -0.3 is 20.4 Å². The molecule has 0 atom stereocenters. The Morgan fingerprint density at radius 2 is 2.00 bits per heavy atom. The predicted molar refractivity (Wildman–Crippen MR) is 117 cm³/mol. The minimum atomic E-state index is 0.169. The van der Waals surface area contributed by atoms with E-state index in [0.717, 1.165) is 42.7 Å². The summed E-state index contributed by atoms with van der Waals surface area (Å²) in [5, 5.41) is 7.58. The Hall–Kier alpha value is -2.68. The van der Waals surface area contributed by atoms with E-state index in [-0.39, 0.29) is 5.91 Å². The summed E-state index contributed by atoms with van der Waals surface area (Å²) >= 11 is 1.69. The maximum Gasteiger partial charge on any atom is 0.224 e. The first-order valence-electron chi connectivity index (χ1n) is 9.88. The van der Waals surface area contributed by atoms with E-state index in [9.17, 15) is 4.79 Å². The van der Waals surface area contributed by atoms with Gasteiger partial charge in [0.25, 0.3) is 0 Å². The number of hydrogen-bond donors (Lipinski definition) is 2. The minimum absolute atomic E-state index is 0.169. The highest BCUT2D eigenvalue weighted by Gasteiger charge is 2.21. The third-order valence-electron chi connectivity index (χ3n) is 4.88. The number of rotatable bonds is 6. The van der Waals surface area contributed by atoms with E-state index in [1.165, 1.54) is 4.88 Å². The fourth-order valence-corrected chi connectivity index (χ4v) is 4.17. The smallest absolute Gasteiger partial charge is 0.224 e. The lowest BCUT2D eigenvalue weighted by molar-refractivity contribution is -0.131. The molecule has 0 aromatic carbocycles. The molecule has 2 N–H and O–H groups in total. The van der Waals surface area contributed by atoms with Crippen LogP contribution in [0.3, 0.4) is 0 Å². The quantitative estimate of drug-likeness (QED) is 0.550. The number of hydrogen-bond acceptors (Lipinski definition) is 6. The molecule has 3 heterocycles. The van der Waals surface area contributed by atoms with Crippen molar-refractivity contribution >= 4 is 29.0 Å². The standard InChI is InChI=1S/C20H29N7OS/c1-15-17(29-16(2)25-15)14-24-20(21-3)23-9-7-19(28)27-12-10-26(11-13-27)18-6-4-5-8-22-18/h4-6,8H,7,9-14H2,1-3H3,(H2,21,23,24). The lowest BCUT2D eigenvalue weighted by Gasteiger charge is -2.35. The molecule has 0 unspecified atom stereocenters. The SMILES string of the molecule is CN=C(NCCC(=O)N1CCN(c2ccccn2)CC1)NCc1sc(C)nc1C. The second kappa shape index (κ2) is 10.2. The molecule has 9 heteroatoms. The van der Waals surface area contributed by atoms with E-state index < -0.39 is 0 Å². The molecule has 3 rings (SSSR count). The molecule has 29 heavy (non-hydrogen) atoms. The van der Waals surface area contributed by atoms with Crippen LogP contribution in [-0.4, -0.2) is 66.5 Å². The average molecular weight is 416 g/mol. The molecule has 0 bridgehead atoms. The van der Waals surface area contributed by atoms with Crippen molar-refractivity contribution in [1.29, 1.82) is 0 Å². The molecule has 1 aliphatic heterocycles. The summed E-state index contributed by atoms with van der Waals surface area (Å²) in [7, 11) is 1.73. The van der Waals surface area contributed by atoms with E-state index in [2.05, 4.69) is 30.5 Å². The molecule has 2 aromatic rings. The van der Waals surface area contributed by atoms with Crippen LogP contribution in [0.5, 0.6) is 0 Å². The second-order valence-electron chi connectivity index (χ2n) is 6.90. The van der Waals surface area contributed by atoms with Gasteiger partial charge in [0.2, 0.25) is 5.91 Å². The van der Waals surface area contributed by atoms with Gasteiger partial charge in [-0.1, -0.05) is 6.07 Å². The van der Waals surface area contributed by atoms with Crippen molar-refractivity contribution < 1.29 is 4.79 Å². The number of thiazole rings is 1. The van der Waals surface area contributed by atoms with Gasteiger partial charge in [0.15, 0.2) is 5.96 Å². The van der Waals surface area contributed by atoms with Gasteiger partial charge in [0, 0.05) is 57.3 Å². The van der Waals surface area contributed by atoms with Crippen molar-refractivity contribution in [1.82, 2.24) is 25.5 Å². The summed E-state index contributed by atoms with van der Waals surface area (Å²) in [6.45, 7) is 8.35. The highest BCUT2D eigenvalue weighted by atomic mass is 32.1. The molecule has 156 valence electrons. The van der Waals surface area contributed by atoms with Gasteiger partial charge >= 0.3 is 0 Å². The number of piperazine rings is 1. The first-order chi connectivity index (χ1) is 14.1. The largest absolute Gasteiger partial charge is 0.356 e. The fraction of sp³-hybridized carbons (Fsp3) is 0.500. The molecule has 0 aliphatic carbocycles. The molecule has 1 saturated heterocycles. The normalized spacial score (nSPS) is 14.8. The Bertz CT molecular complexity index is 829. The molecular formula is C20H29N7OS. The molecule has 2 aromatic heterocycles. The number of guanidine groups is 1. The van der Waals surface area contributed by atoms with Gasteiger partial charge in [-0.3, -0.25) is 9.79 Å². The Kier molecular flexibility index (Phi) is 7.40.